The van der Waals surface area contributed by atoms with E-state index in [0.29, 0.717) is 22.8 Å². The molecule has 9 heteroatoms. The van der Waals surface area contributed by atoms with Crippen LogP contribution >= 0.6 is 8.53 Å². The van der Waals surface area contributed by atoms with Gasteiger partial charge in [0.2, 0.25) is 0 Å². The Kier molecular flexibility index (Phi) is 11.2. The number of ether oxygens (including phenoxy) is 1. The van der Waals surface area contributed by atoms with Crippen LogP contribution in [-0.2, 0) is 17.7 Å². The number of hydrogen-bond donors (Lipinski definition) is 2. The van der Waals surface area contributed by atoms with Gasteiger partial charge in [-0.05, 0) is 26.1 Å². The molecular weight excluding hydrogens is 391 g/mol. The first-order chi connectivity index (χ1) is 14.0. The van der Waals surface area contributed by atoms with Gasteiger partial charge >= 0.3 is 14.6 Å². The zero-order valence-corrected chi connectivity index (χ0v) is 18.8. The molecule has 0 spiro atoms. The summed E-state index contributed by atoms with van der Waals surface area (Å²) in [6.45, 7) is 6.17. The molecule has 0 saturated heterocycles. The van der Waals surface area contributed by atoms with Gasteiger partial charge in [-0.25, -0.2) is 9.88 Å². The van der Waals surface area contributed by atoms with Gasteiger partial charge in [-0.3, -0.25) is 4.98 Å². The average Bonchev–Trinajstić information content (AvgIpc) is 2.74. The fourth-order valence-corrected chi connectivity index (χ4v) is 3.02. The normalized spacial score (nSPS) is 11.1. The van der Waals surface area contributed by atoms with Crippen molar-refractivity contribution in [2.75, 3.05) is 21.1 Å². The van der Waals surface area contributed by atoms with Crippen LogP contribution in [0.25, 0.3) is 0 Å². The second kappa shape index (κ2) is 13.1. The van der Waals surface area contributed by atoms with E-state index in [9.17, 15) is 4.79 Å². The molecule has 1 amide bonds. The molecule has 1 atom stereocenters. The highest BCUT2D eigenvalue weighted by Crippen LogP contribution is 2.36. The lowest BCUT2D eigenvalue weighted by molar-refractivity contribution is 0.170. The molecule has 1 heterocycles. The molecule has 0 bridgehead atoms. The zero-order chi connectivity index (χ0) is 21.8. The number of para-hydroxylation sites is 1. The maximum absolute atomic E-state index is 11.9. The van der Waals surface area contributed by atoms with Crippen LogP contribution in [0, 0.1) is 6.92 Å². The molecule has 0 fully saturated rings. The Labute approximate surface area is 174 Å². The zero-order valence-electron chi connectivity index (χ0n) is 17.9. The highest BCUT2D eigenvalue weighted by atomic mass is 31.2. The van der Waals surface area contributed by atoms with Crippen molar-refractivity contribution < 1.29 is 18.6 Å². The Bertz CT molecular complexity index is 760. The SMILES string of the molecule is CC.CNP(OCc1cnc(C)c(OC(=O)N(C)C)c1CN)Oc1ccccc1. The summed E-state index contributed by atoms with van der Waals surface area (Å²) in [5.41, 5.74) is 7.92. The predicted molar refractivity (Wildman–Crippen MR) is 116 cm³/mol. The van der Waals surface area contributed by atoms with Crippen molar-refractivity contribution in [3.63, 3.8) is 0 Å². The smallest absolute Gasteiger partial charge is 0.414 e. The van der Waals surface area contributed by atoms with Gasteiger partial charge in [0.1, 0.15) is 5.75 Å². The third-order valence-electron chi connectivity index (χ3n) is 3.61. The molecule has 0 aliphatic rings. The lowest BCUT2D eigenvalue weighted by Crippen LogP contribution is -2.26. The molecule has 2 aromatic rings. The first kappa shape index (κ1) is 24.8. The van der Waals surface area contributed by atoms with E-state index in [-0.39, 0.29) is 13.2 Å². The molecule has 1 unspecified atom stereocenters. The number of nitrogens with one attached hydrogen (secondary N) is 1. The van der Waals surface area contributed by atoms with Crippen LogP contribution in [0.5, 0.6) is 11.5 Å². The van der Waals surface area contributed by atoms with Crippen LogP contribution in [-0.4, -0.2) is 37.1 Å². The molecule has 1 aromatic carbocycles. The molecule has 1 aromatic heterocycles. The highest BCUT2D eigenvalue weighted by Gasteiger charge is 2.19. The number of nitrogens with two attached hydrogens (primary N) is 1. The Hall–Kier alpha value is -2.25. The number of nitrogens with zero attached hydrogens (tertiary/aromatic N) is 2. The Balaban J connectivity index is 0.00000204. The van der Waals surface area contributed by atoms with E-state index in [4.69, 9.17) is 19.5 Å². The molecule has 3 N–H and O–H groups in total. The molecule has 0 aliphatic carbocycles. The summed E-state index contributed by atoms with van der Waals surface area (Å²) in [6, 6.07) is 9.40. The van der Waals surface area contributed by atoms with Crippen molar-refractivity contribution >= 4 is 14.6 Å². The number of carbonyl (C=O) groups excluding carboxylic acids is 1. The number of aromatic nitrogens is 1. The minimum Gasteiger partial charge on any atom is -0.436 e. The molecule has 0 aliphatic heterocycles. The molecule has 8 nitrogen and oxygen atoms in total. The van der Waals surface area contributed by atoms with Crippen molar-refractivity contribution in [2.45, 2.75) is 33.9 Å². The first-order valence-electron chi connectivity index (χ1n) is 9.36. The quantitative estimate of drug-likeness (QED) is 0.621. The van der Waals surface area contributed by atoms with E-state index >= 15 is 0 Å². The van der Waals surface area contributed by atoms with E-state index in [2.05, 4.69) is 10.1 Å². The lowest BCUT2D eigenvalue weighted by Gasteiger charge is -2.19. The Morgan fingerprint density at radius 1 is 1.24 bits per heavy atom. The summed E-state index contributed by atoms with van der Waals surface area (Å²) in [6.07, 6.45) is 1.19. The minimum atomic E-state index is -1.35. The molecule has 0 saturated carbocycles. The Morgan fingerprint density at radius 2 is 1.90 bits per heavy atom. The van der Waals surface area contributed by atoms with Gasteiger partial charge in [-0.15, -0.1) is 0 Å². The van der Waals surface area contributed by atoms with Crippen LogP contribution in [0.15, 0.2) is 36.5 Å². The number of carbonyl (C=O) groups is 1. The third-order valence-corrected chi connectivity index (χ3v) is 4.72. The number of amides is 1. The van der Waals surface area contributed by atoms with Crippen molar-refractivity contribution in [3.8, 4) is 11.5 Å². The van der Waals surface area contributed by atoms with Gasteiger partial charge in [-0.1, -0.05) is 32.0 Å². The second-order valence-corrected chi connectivity index (χ2v) is 7.20. The van der Waals surface area contributed by atoms with Crippen LogP contribution in [0.4, 0.5) is 4.79 Å². The maximum atomic E-state index is 11.9. The monoisotopic (exact) mass is 422 g/mol. The van der Waals surface area contributed by atoms with Crippen molar-refractivity contribution in [1.29, 1.82) is 0 Å². The van der Waals surface area contributed by atoms with Crippen molar-refractivity contribution in [1.82, 2.24) is 15.0 Å². The third kappa shape index (κ3) is 7.59. The van der Waals surface area contributed by atoms with Crippen LogP contribution in [0.2, 0.25) is 0 Å². The number of benzene rings is 1. The molecular formula is C20H31N4O4P. The van der Waals surface area contributed by atoms with Gasteiger partial charge in [0.15, 0.2) is 5.75 Å². The largest absolute Gasteiger partial charge is 0.436 e. The molecule has 0 radical (unpaired) electrons. The predicted octanol–water partition coefficient (Wildman–Crippen LogP) is 3.98. The number of pyridine rings is 1. The summed E-state index contributed by atoms with van der Waals surface area (Å²) in [5, 5.41) is 3.01. The van der Waals surface area contributed by atoms with Crippen LogP contribution < -0.4 is 20.1 Å². The summed E-state index contributed by atoms with van der Waals surface area (Å²) < 4.78 is 17.1. The standard InChI is InChI=1S/C18H25N4O4P.C2H6/c1-13-17(25-18(23)22(3)4)16(10-19)14(11-21-13)12-24-27(20-2)26-15-8-6-5-7-9-15;1-2/h5-9,11,20H,10,12,19H2,1-4H3;1-2H3. The number of aryl methyl sites for hydroxylation is 1. The average molecular weight is 422 g/mol. The van der Waals surface area contributed by atoms with Gasteiger partial charge < -0.3 is 24.4 Å². The minimum absolute atomic E-state index is 0.190. The van der Waals surface area contributed by atoms with E-state index in [1.54, 1.807) is 34.3 Å². The maximum Gasteiger partial charge on any atom is 0.414 e. The van der Waals surface area contributed by atoms with Crippen LogP contribution in [0.3, 0.4) is 0 Å². The number of rotatable bonds is 8. The topological polar surface area (TPSA) is 98.9 Å². The summed E-state index contributed by atoms with van der Waals surface area (Å²) in [7, 11) is 3.63. The fraction of sp³-hybridized carbons (Fsp3) is 0.400. The van der Waals surface area contributed by atoms with Crippen molar-refractivity contribution in [2.24, 2.45) is 5.73 Å². The van der Waals surface area contributed by atoms with E-state index in [0.717, 1.165) is 5.56 Å². The van der Waals surface area contributed by atoms with Gasteiger partial charge in [0.25, 0.3) is 0 Å². The van der Waals surface area contributed by atoms with E-state index < -0.39 is 14.6 Å². The Morgan fingerprint density at radius 3 is 2.45 bits per heavy atom. The van der Waals surface area contributed by atoms with Gasteiger partial charge in [-0.2, -0.15) is 0 Å². The lowest BCUT2D eigenvalue weighted by atomic mass is 10.1. The van der Waals surface area contributed by atoms with E-state index in [1.165, 1.54) is 4.90 Å². The second-order valence-electron chi connectivity index (χ2n) is 5.80. The first-order valence-corrected chi connectivity index (χ1v) is 10.5. The summed E-state index contributed by atoms with van der Waals surface area (Å²) in [5.74, 6) is 1.08. The van der Waals surface area contributed by atoms with E-state index in [1.807, 2.05) is 44.2 Å². The highest BCUT2D eigenvalue weighted by molar-refractivity contribution is 7.45. The summed E-state index contributed by atoms with van der Waals surface area (Å²) >= 11 is 0. The molecule has 2 rings (SSSR count). The molecule has 29 heavy (non-hydrogen) atoms. The molecule has 160 valence electrons. The number of hydrogen-bond acceptors (Lipinski definition) is 7. The fourth-order valence-electron chi connectivity index (χ4n) is 2.18. The van der Waals surface area contributed by atoms with Gasteiger partial charge in [0, 0.05) is 38.0 Å². The van der Waals surface area contributed by atoms with Crippen molar-refractivity contribution in [3.05, 3.63) is 53.3 Å². The van der Waals surface area contributed by atoms with Crippen LogP contribution in [0.1, 0.15) is 30.7 Å². The summed E-state index contributed by atoms with van der Waals surface area (Å²) in [4.78, 5) is 17.6. The van der Waals surface area contributed by atoms with Gasteiger partial charge in [0.05, 0.1) is 12.3 Å².